The third-order valence-corrected chi connectivity index (χ3v) is 2.14. The second kappa shape index (κ2) is 5.96. The highest BCUT2D eigenvalue weighted by Gasteiger charge is 2.06. The van der Waals surface area contributed by atoms with Crippen LogP contribution >= 0.6 is 0 Å². The van der Waals surface area contributed by atoms with Crippen LogP contribution in [-0.4, -0.2) is 27.7 Å². The zero-order valence-corrected chi connectivity index (χ0v) is 9.03. The maximum absolute atomic E-state index is 10.6. The van der Waals surface area contributed by atoms with Gasteiger partial charge in [0.15, 0.2) is 9.04 Å². The van der Waals surface area contributed by atoms with E-state index in [4.69, 9.17) is 9.16 Å². The summed E-state index contributed by atoms with van der Waals surface area (Å²) in [7, 11) is -1.02. The minimum absolute atomic E-state index is 0.000525. The van der Waals surface area contributed by atoms with Crippen LogP contribution in [0.25, 0.3) is 0 Å². The lowest BCUT2D eigenvalue weighted by Crippen LogP contribution is -2.23. The minimum atomic E-state index is -1.02. The summed E-state index contributed by atoms with van der Waals surface area (Å²) in [5, 5.41) is 0. The van der Waals surface area contributed by atoms with Gasteiger partial charge in [0, 0.05) is 6.08 Å². The summed E-state index contributed by atoms with van der Waals surface area (Å²) in [6, 6.07) is 0. The van der Waals surface area contributed by atoms with Gasteiger partial charge in [0.25, 0.3) is 0 Å². The summed E-state index contributed by atoms with van der Waals surface area (Å²) in [6.45, 7) is 9.65. The Labute approximate surface area is 75.1 Å². The average Bonchev–Trinajstić information content (AvgIpc) is 1.99. The van der Waals surface area contributed by atoms with E-state index in [0.717, 1.165) is 6.08 Å². The number of hydrogen-bond donors (Lipinski definition) is 0. The predicted molar refractivity (Wildman–Crippen MR) is 50.6 cm³/mol. The van der Waals surface area contributed by atoms with Crippen molar-refractivity contribution in [3.8, 4) is 0 Å². The van der Waals surface area contributed by atoms with Crippen LogP contribution in [0.1, 0.15) is 6.92 Å². The number of rotatable bonds is 5. The van der Waals surface area contributed by atoms with Gasteiger partial charge in [-0.15, -0.1) is 0 Å². The first-order chi connectivity index (χ1) is 5.56. The fourth-order valence-corrected chi connectivity index (χ4v) is 1.77. The van der Waals surface area contributed by atoms with E-state index >= 15 is 0 Å². The van der Waals surface area contributed by atoms with Crippen molar-refractivity contribution in [2.45, 2.75) is 26.1 Å². The van der Waals surface area contributed by atoms with Crippen LogP contribution in [0.5, 0.6) is 0 Å². The molecule has 0 spiro atoms. The van der Waals surface area contributed by atoms with Crippen molar-refractivity contribution in [3.05, 3.63) is 12.7 Å². The molecule has 70 valence electrons. The van der Waals surface area contributed by atoms with E-state index in [-0.39, 0.29) is 6.10 Å². The second-order valence-electron chi connectivity index (χ2n) is 2.83. The highest BCUT2D eigenvalue weighted by Crippen LogP contribution is 1.95. The monoisotopic (exact) mass is 188 g/mol. The Morgan fingerprint density at radius 1 is 1.67 bits per heavy atom. The maximum atomic E-state index is 10.6. The Morgan fingerprint density at radius 3 is 2.67 bits per heavy atom. The first kappa shape index (κ1) is 11.4. The van der Waals surface area contributed by atoms with E-state index in [1.54, 1.807) is 0 Å². The molecule has 0 saturated heterocycles. The quantitative estimate of drug-likeness (QED) is 0.368. The van der Waals surface area contributed by atoms with Crippen LogP contribution in [0.2, 0.25) is 13.1 Å². The standard InChI is InChI=1S/C8H16O3Si/c1-5-8(9)10-6-7(2)11-12(3)4/h5,7,12H,1,6H2,2-4H3. The number of esters is 1. The Kier molecular flexibility index (Phi) is 5.66. The predicted octanol–water partition coefficient (Wildman–Crippen LogP) is 1.10. The van der Waals surface area contributed by atoms with Gasteiger partial charge in [-0.1, -0.05) is 6.58 Å². The molecule has 0 bridgehead atoms. The zero-order chi connectivity index (χ0) is 9.56. The van der Waals surface area contributed by atoms with Gasteiger partial charge < -0.3 is 9.16 Å². The van der Waals surface area contributed by atoms with E-state index in [2.05, 4.69) is 19.7 Å². The Hall–Kier alpha value is -0.613. The van der Waals surface area contributed by atoms with Crippen molar-refractivity contribution in [1.82, 2.24) is 0 Å². The van der Waals surface area contributed by atoms with Gasteiger partial charge in [-0.25, -0.2) is 4.79 Å². The number of carbonyl (C=O) groups is 1. The van der Waals surface area contributed by atoms with Gasteiger partial charge in [0.05, 0.1) is 6.10 Å². The average molecular weight is 188 g/mol. The smallest absolute Gasteiger partial charge is 0.330 e. The molecule has 0 aromatic rings. The van der Waals surface area contributed by atoms with Gasteiger partial charge in [0.2, 0.25) is 0 Å². The van der Waals surface area contributed by atoms with E-state index in [1.165, 1.54) is 0 Å². The van der Waals surface area contributed by atoms with Crippen molar-refractivity contribution in [3.63, 3.8) is 0 Å². The molecule has 0 radical (unpaired) electrons. The summed E-state index contributed by atoms with van der Waals surface area (Å²) >= 11 is 0. The third kappa shape index (κ3) is 6.12. The number of hydrogen-bond acceptors (Lipinski definition) is 3. The molecule has 0 rings (SSSR count). The lowest BCUT2D eigenvalue weighted by atomic mass is 10.4. The summed E-state index contributed by atoms with van der Waals surface area (Å²) in [6.07, 6.45) is 1.15. The fraction of sp³-hybridized carbons (Fsp3) is 0.625. The molecule has 0 aromatic heterocycles. The summed E-state index contributed by atoms with van der Waals surface area (Å²) < 4.78 is 10.3. The van der Waals surface area contributed by atoms with Crippen LogP contribution < -0.4 is 0 Å². The number of carbonyl (C=O) groups excluding carboxylic acids is 1. The first-order valence-electron chi connectivity index (χ1n) is 4.01. The molecular weight excluding hydrogens is 172 g/mol. The molecule has 0 amide bonds. The van der Waals surface area contributed by atoms with E-state index < -0.39 is 15.0 Å². The molecule has 0 saturated carbocycles. The molecular formula is C8H16O3Si. The molecule has 0 aliphatic heterocycles. The normalized spacial score (nSPS) is 12.7. The summed E-state index contributed by atoms with van der Waals surface area (Å²) in [5.74, 6) is -0.393. The lowest BCUT2D eigenvalue weighted by molar-refractivity contribution is -0.139. The third-order valence-electron chi connectivity index (χ3n) is 1.13. The second-order valence-corrected chi connectivity index (χ2v) is 5.20. The SMILES string of the molecule is C=CC(=O)OCC(C)O[SiH](C)C. The molecule has 0 fully saturated rings. The topological polar surface area (TPSA) is 35.5 Å². The van der Waals surface area contributed by atoms with Crippen LogP contribution in [0.3, 0.4) is 0 Å². The Bertz CT molecular complexity index is 156. The van der Waals surface area contributed by atoms with Crippen molar-refractivity contribution < 1.29 is 14.0 Å². The molecule has 1 unspecified atom stereocenters. The van der Waals surface area contributed by atoms with Gasteiger partial charge in [0.1, 0.15) is 6.61 Å². The fourth-order valence-electron chi connectivity index (χ4n) is 0.762. The summed E-state index contributed by atoms with van der Waals surface area (Å²) in [5.41, 5.74) is 0. The highest BCUT2D eigenvalue weighted by atomic mass is 28.3. The Morgan fingerprint density at radius 2 is 2.25 bits per heavy atom. The Balaban J connectivity index is 3.49. The lowest BCUT2D eigenvalue weighted by Gasteiger charge is -2.14. The molecule has 0 aliphatic rings. The van der Waals surface area contributed by atoms with Crippen LogP contribution in [0.15, 0.2) is 12.7 Å². The van der Waals surface area contributed by atoms with Gasteiger partial charge in [-0.05, 0) is 20.0 Å². The molecule has 3 nitrogen and oxygen atoms in total. The van der Waals surface area contributed by atoms with Crippen LogP contribution in [0.4, 0.5) is 0 Å². The van der Waals surface area contributed by atoms with Gasteiger partial charge in [-0.3, -0.25) is 0 Å². The molecule has 12 heavy (non-hydrogen) atoms. The molecule has 4 heteroatoms. The van der Waals surface area contributed by atoms with Crippen molar-refractivity contribution in [1.29, 1.82) is 0 Å². The largest absolute Gasteiger partial charge is 0.460 e. The summed E-state index contributed by atoms with van der Waals surface area (Å²) in [4.78, 5) is 10.6. The van der Waals surface area contributed by atoms with Crippen LogP contribution in [0, 0.1) is 0 Å². The van der Waals surface area contributed by atoms with E-state index in [1.807, 2.05) is 6.92 Å². The maximum Gasteiger partial charge on any atom is 0.330 e. The number of ether oxygens (including phenoxy) is 1. The minimum Gasteiger partial charge on any atom is -0.460 e. The molecule has 0 heterocycles. The molecule has 0 aliphatic carbocycles. The first-order valence-corrected chi connectivity index (χ1v) is 6.79. The highest BCUT2D eigenvalue weighted by molar-refractivity contribution is 6.48. The molecule has 0 N–H and O–H groups in total. The van der Waals surface area contributed by atoms with Gasteiger partial charge >= 0.3 is 5.97 Å². The van der Waals surface area contributed by atoms with E-state index in [9.17, 15) is 4.79 Å². The van der Waals surface area contributed by atoms with Gasteiger partial charge in [-0.2, -0.15) is 0 Å². The molecule has 0 aromatic carbocycles. The molecule has 1 atom stereocenters. The van der Waals surface area contributed by atoms with E-state index in [0.29, 0.717) is 6.61 Å². The van der Waals surface area contributed by atoms with Crippen molar-refractivity contribution in [2.75, 3.05) is 6.61 Å². The zero-order valence-electron chi connectivity index (χ0n) is 7.87. The van der Waals surface area contributed by atoms with Crippen LogP contribution in [-0.2, 0) is 14.0 Å². The van der Waals surface area contributed by atoms with Crippen molar-refractivity contribution >= 4 is 15.0 Å². The van der Waals surface area contributed by atoms with Crippen molar-refractivity contribution in [2.24, 2.45) is 0 Å².